The number of ether oxygens (including phenoxy) is 7. The third-order valence-electron chi connectivity index (χ3n) is 22.9. The Balaban J connectivity index is 2.84. The first kappa shape index (κ1) is 105. The Morgan fingerprint density at radius 2 is 0.779 bits per heavy atom. The Bertz CT molecular complexity index is 2530. The van der Waals surface area contributed by atoms with Crippen molar-refractivity contribution in [3.05, 3.63) is 35.9 Å². The zero-order valence-electron chi connectivity index (χ0n) is 74.1. The number of aliphatic hydroxyl groups excluding tert-OH is 1. The summed E-state index contributed by atoms with van der Waals surface area (Å²) in [5.41, 5.74) is 0.695. The Morgan fingerprint density at radius 1 is 0.442 bits per heavy atom. The molecule has 2 rings (SSSR count). The Morgan fingerprint density at radius 3 is 1.14 bits per heavy atom. The predicted molar refractivity (Wildman–Crippen MR) is 461 cm³/mol. The number of hydrogen-bond acceptors (Lipinski definition) is 16. The van der Waals surface area contributed by atoms with Gasteiger partial charge in [-0.05, 0) is 81.5 Å². The van der Waals surface area contributed by atoms with Crippen molar-refractivity contribution in [2.24, 2.45) is 0 Å². The van der Waals surface area contributed by atoms with Crippen molar-refractivity contribution in [2.75, 3.05) is 13.2 Å². The van der Waals surface area contributed by atoms with Gasteiger partial charge in [0.05, 0.1) is 32.5 Å². The van der Waals surface area contributed by atoms with Crippen molar-refractivity contribution < 1.29 is 76.3 Å². The maximum absolute atomic E-state index is 15.2. The second-order valence-electron chi connectivity index (χ2n) is 34.6. The molecule has 0 aliphatic carbocycles. The topological polar surface area (TPSA) is 238 Å². The molecule has 9 atom stereocenters. The summed E-state index contributed by atoms with van der Waals surface area (Å²) in [5, 5.41) is 18.6. The summed E-state index contributed by atoms with van der Waals surface area (Å²) in [5.74, 6) is -3.97. The van der Waals surface area contributed by atoms with Crippen LogP contribution >= 0.6 is 0 Å². The fourth-order valence-corrected chi connectivity index (χ4v) is 15.6. The molecule has 1 aromatic carbocycles. The van der Waals surface area contributed by atoms with Gasteiger partial charge in [0, 0.05) is 19.3 Å². The van der Waals surface area contributed by atoms with Crippen LogP contribution in [-0.4, -0.2) is 123 Å². The number of aliphatic hydroxyl groups is 1. The summed E-state index contributed by atoms with van der Waals surface area (Å²) in [6, 6.07) is 6.14. The van der Waals surface area contributed by atoms with Gasteiger partial charge in [-0.3, -0.25) is 28.8 Å². The molecule has 1 fully saturated rings. The first-order valence-corrected chi connectivity index (χ1v) is 49.7. The molecule has 1 saturated heterocycles. The van der Waals surface area contributed by atoms with Crippen molar-refractivity contribution in [1.82, 2.24) is 10.6 Å². The van der Waals surface area contributed by atoms with E-state index in [1.54, 1.807) is 0 Å². The highest BCUT2D eigenvalue weighted by Crippen LogP contribution is 2.38. The van der Waals surface area contributed by atoms with Crippen LogP contribution < -0.4 is 10.6 Å². The number of rotatable bonds is 75. The number of amides is 2. The molecule has 18 nitrogen and oxygen atoms in total. The number of esters is 5. The van der Waals surface area contributed by atoms with E-state index < -0.39 is 99.6 Å². The van der Waals surface area contributed by atoms with Gasteiger partial charge in [-0.2, -0.15) is 0 Å². The zero-order chi connectivity index (χ0) is 82.8. The standard InChI is InChI=1S/C94H170N2O16Si/c1-12-18-24-30-36-39-45-48-57-65-78(108-85(99)68-60-51-42-33-27-21-15-4)71-83(97)95-81(92(104)105-74-77-63-55-54-56-64-77)75-106-93-89(96-84(98)72-79(66-58-49-46-40-37-31-25-19-13-2)109-86(100)69-61-52-43-34-28-22-16-5)91(90(103)82(111-93)76-107-113(10,11)94(7,8)9)112-88(102)73-80(67-59-50-47-41-38-32-26-20-14-3)110-87(101)70-62-53-44-35-29-23-17-6/h54-56,63-64,78-82,89-91,93,103H,12-53,57-62,65-76H2,1-11H3,(H,95,97)(H,96,98)/t78-,79-,80-,81+,82-,89-,90-,91-,93?/m1/s1. The van der Waals surface area contributed by atoms with Crippen molar-refractivity contribution in [3.63, 3.8) is 0 Å². The smallest absolute Gasteiger partial charge is 0.331 e. The predicted octanol–water partition coefficient (Wildman–Crippen LogP) is 23.8. The highest BCUT2D eigenvalue weighted by molar-refractivity contribution is 6.74. The summed E-state index contributed by atoms with van der Waals surface area (Å²) in [4.78, 5) is 101. The molecule has 0 spiro atoms. The van der Waals surface area contributed by atoms with E-state index in [4.69, 9.17) is 37.6 Å². The molecule has 113 heavy (non-hydrogen) atoms. The van der Waals surface area contributed by atoms with Gasteiger partial charge in [0.15, 0.2) is 26.8 Å². The van der Waals surface area contributed by atoms with Crippen LogP contribution in [0.25, 0.3) is 0 Å². The van der Waals surface area contributed by atoms with Gasteiger partial charge in [0.2, 0.25) is 11.8 Å². The third kappa shape index (κ3) is 54.3. The van der Waals surface area contributed by atoms with E-state index in [0.717, 1.165) is 173 Å². The first-order valence-electron chi connectivity index (χ1n) is 46.8. The maximum Gasteiger partial charge on any atom is 0.331 e. The van der Waals surface area contributed by atoms with Gasteiger partial charge in [-0.25, -0.2) is 4.79 Å². The molecule has 1 unspecified atom stereocenters. The third-order valence-corrected chi connectivity index (χ3v) is 27.4. The monoisotopic (exact) mass is 1610 g/mol. The lowest BCUT2D eigenvalue weighted by molar-refractivity contribution is -0.274. The van der Waals surface area contributed by atoms with Crippen molar-refractivity contribution in [1.29, 1.82) is 0 Å². The van der Waals surface area contributed by atoms with Gasteiger partial charge in [0.1, 0.15) is 43.2 Å². The SMILES string of the molecule is CCCCCCCCCCC[C@H](CC(=O)N[C@@H](COC1O[C@H](CO[Si](C)(C)C(C)(C)C)[C@@H](O)[C@H](OC(=O)C[C@@H](CCCCCCCCCCC)OC(=O)CCCCCCCCC)[C@H]1NC(=O)C[C@@H](CCCCCCCCCCC)OC(=O)CCCCCCCCC)C(=O)OCc1ccccc1)OC(=O)CCCCCCCCC. The highest BCUT2D eigenvalue weighted by atomic mass is 28.4. The summed E-state index contributed by atoms with van der Waals surface area (Å²) in [6.45, 7) is 22.7. The Labute approximate surface area is 690 Å². The van der Waals surface area contributed by atoms with Crippen LogP contribution in [0.1, 0.15) is 434 Å². The van der Waals surface area contributed by atoms with E-state index in [0.29, 0.717) is 56.9 Å². The Hall–Kier alpha value is -4.43. The summed E-state index contributed by atoms with van der Waals surface area (Å²) < 4.78 is 51.5. The summed E-state index contributed by atoms with van der Waals surface area (Å²) >= 11 is 0. The molecule has 1 heterocycles. The molecule has 1 aliphatic heterocycles. The largest absolute Gasteiger partial charge is 0.462 e. The van der Waals surface area contributed by atoms with Crippen molar-refractivity contribution >= 4 is 50.0 Å². The molecule has 2 amide bonds. The molecule has 3 N–H and O–H groups in total. The average Bonchev–Trinajstić information content (AvgIpc) is 0.785. The minimum absolute atomic E-state index is 0.141. The molecule has 19 heteroatoms. The van der Waals surface area contributed by atoms with Crippen LogP contribution in [0.15, 0.2) is 30.3 Å². The zero-order valence-corrected chi connectivity index (χ0v) is 75.1. The summed E-state index contributed by atoms with van der Waals surface area (Å²) in [7, 11) is -2.61. The van der Waals surface area contributed by atoms with Crippen LogP contribution in [0.5, 0.6) is 0 Å². The van der Waals surface area contributed by atoms with Gasteiger partial charge >= 0.3 is 29.8 Å². The normalized spacial score (nSPS) is 16.9. The van der Waals surface area contributed by atoms with E-state index in [1.807, 2.05) is 30.3 Å². The maximum atomic E-state index is 15.2. The lowest BCUT2D eigenvalue weighted by Crippen LogP contribution is -2.67. The molecule has 656 valence electrons. The fraction of sp³-hybridized carbons (Fsp3) is 0.862. The van der Waals surface area contributed by atoms with E-state index in [9.17, 15) is 29.1 Å². The molecular weight excluding hydrogens is 1440 g/mol. The summed E-state index contributed by atoms with van der Waals surface area (Å²) in [6.07, 6.45) is 43.2. The number of carbonyl (C=O) groups is 7. The minimum Gasteiger partial charge on any atom is -0.462 e. The molecular formula is C94H170N2O16Si. The quantitative estimate of drug-likeness (QED) is 0.0238. The molecule has 1 aliphatic rings. The fourth-order valence-electron chi connectivity index (χ4n) is 14.6. The van der Waals surface area contributed by atoms with E-state index in [2.05, 4.69) is 86.0 Å². The number of hydrogen-bond donors (Lipinski definition) is 3. The molecule has 0 aromatic heterocycles. The van der Waals surface area contributed by atoms with E-state index >= 15 is 9.59 Å². The highest BCUT2D eigenvalue weighted by Gasteiger charge is 2.51. The van der Waals surface area contributed by atoms with Crippen LogP contribution in [0.4, 0.5) is 0 Å². The van der Waals surface area contributed by atoms with Gasteiger partial charge in [-0.1, -0.05) is 362 Å². The lowest BCUT2D eigenvalue weighted by atomic mass is 9.95. The second kappa shape index (κ2) is 68.5. The Kier molecular flexibility index (Phi) is 63.4. The van der Waals surface area contributed by atoms with Crippen molar-refractivity contribution in [3.8, 4) is 0 Å². The number of nitrogens with one attached hydrogen (secondary N) is 2. The number of unbranched alkanes of at least 4 members (excludes halogenated alkanes) is 42. The van der Waals surface area contributed by atoms with E-state index in [1.165, 1.54) is 103 Å². The van der Waals surface area contributed by atoms with Crippen molar-refractivity contribution in [2.45, 2.75) is 508 Å². The van der Waals surface area contributed by atoms with Crippen LogP contribution in [0.3, 0.4) is 0 Å². The van der Waals surface area contributed by atoms with Crippen LogP contribution in [0, 0.1) is 0 Å². The number of carbonyl (C=O) groups excluding carboxylic acids is 7. The molecule has 0 saturated carbocycles. The molecule has 0 bridgehead atoms. The van der Waals surface area contributed by atoms with E-state index in [-0.39, 0.29) is 68.7 Å². The van der Waals surface area contributed by atoms with Gasteiger partial charge in [0.25, 0.3) is 0 Å². The molecule has 1 aromatic rings. The van der Waals surface area contributed by atoms with Crippen LogP contribution in [0.2, 0.25) is 18.1 Å². The van der Waals surface area contributed by atoms with Gasteiger partial charge in [-0.15, -0.1) is 0 Å². The second-order valence-corrected chi connectivity index (χ2v) is 39.4. The lowest BCUT2D eigenvalue weighted by Gasteiger charge is -2.45. The minimum atomic E-state index is -2.61. The average molecular weight is 1610 g/mol. The van der Waals surface area contributed by atoms with Crippen LogP contribution in [-0.2, 0) is 77.8 Å². The molecule has 0 radical (unpaired) electrons. The number of benzene rings is 1. The van der Waals surface area contributed by atoms with Gasteiger partial charge < -0.3 is 53.3 Å². The first-order chi connectivity index (χ1) is 54.6.